The average Bonchev–Trinajstić information content (AvgIpc) is 1.96. The number of rotatable bonds is 7. The molecule has 1 atom stereocenters. The van der Waals surface area contributed by atoms with Gasteiger partial charge in [0, 0.05) is 6.04 Å². The van der Waals surface area contributed by atoms with Gasteiger partial charge in [-0.1, -0.05) is 45.4 Å². The molecule has 0 aliphatic carbocycles. The first kappa shape index (κ1) is 11.0. The molecule has 11 heavy (non-hydrogen) atoms. The third kappa shape index (κ3) is 9.96. The van der Waals surface area contributed by atoms with Crippen molar-refractivity contribution in [3.8, 4) is 0 Å². The van der Waals surface area contributed by atoms with Crippen LogP contribution < -0.4 is 5.73 Å². The van der Waals surface area contributed by atoms with Crippen LogP contribution in [0.15, 0.2) is 0 Å². The van der Waals surface area contributed by atoms with E-state index in [4.69, 9.17) is 5.73 Å². The van der Waals surface area contributed by atoms with Gasteiger partial charge >= 0.3 is 0 Å². The summed E-state index contributed by atoms with van der Waals surface area (Å²) in [6, 6.07) is 0.142. The quantitative estimate of drug-likeness (QED) is 0.562. The van der Waals surface area contributed by atoms with Crippen molar-refractivity contribution in [2.45, 2.75) is 51.0 Å². The molecule has 0 aromatic rings. The Morgan fingerprint density at radius 2 is 1.55 bits per heavy atom. The van der Waals surface area contributed by atoms with Crippen LogP contribution >= 0.6 is 0 Å². The Morgan fingerprint density at radius 3 is 2.09 bits per heavy atom. The van der Waals surface area contributed by atoms with Crippen molar-refractivity contribution in [2.75, 3.05) is 0 Å². The van der Waals surface area contributed by atoms with Gasteiger partial charge in [-0.25, -0.2) is 0 Å². The zero-order valence-electron chi connectivity index (χ0n) is 7.52. The highest BCUT2D eigenvalue weighted by Gasteiger charge is 1.93. The Labute approximate surface area is 71.4 Å². The molecule has 0 rings (SSSR count). The number of hydrogen-bond donors (Lipinski definition) is 1. The lowest BCUT2D eigenvalue weighted by atomic mass is 10.1. The van der Waals surface area contributed by atoms with Gasteiger partial charge < -0.3 is 5.73 Å². The molecule has 66 valence electrons. The summed E-state index contributed by atoms with van der Waals surface area (Å²) in [4.78, 5) is 0. The molecule has 0 aliphatic heterocycles. The summed E-state index contributed by atoms with van der Waals surface area (Å²) in [6.45, 7) is 7.54. The summed E-state index contributed by atoms with van der Waals surface area (Å²) in [5, 5.41) is 0. The third-order valence-corrected chi connectivity index (χ3v) is 1.82. The monoisotopic (exact) mass is 155 g/mol. The third-order valence-electron chi connectivity index (χ3n) is 1.82. The summed E-state index contributed by atoms with van der Waals surface area (Å²) in [5.74, 6) is 0. The molecule has 0 saturated carbocycles. The minimum absolute atomic E-state index is 0.142. The van der Waals surface area contributed by atoms with Gasteiger partial charge in [-0.3, -0.25) is 0 Å². The predicted octanol–water partition coefficient (Wildman–Crippen LogP) is 2.71. The van der Waals surface area contributed by atoms with Crippen LogP contribution in [0, 0.1) is 13.8 Å². The maximum Gasteiger partial charge on any atom is 0.00394 e. The molecule has 0 spiro atoms. The first-order valence-electron chi connectivity index (χ1n) is 4.65. The van der Waals surface area contributed by atoms with Crippen molar-refractivity contribution < 1.29 is 0 Å². The summed E-state index contributed by atoms with van der Waals surface area (Å²) >= 11 is 0. The fourth-order valence-corrected chi connectivity index (χ4v) is 1.11. The number of hydrogen-bond acceptors (Lipinski definition) is 1. The molecule has 0 amide bonds. The fourth-order valence-electron chi connectivity index (χ4n) is 1.11. The molecule has 1 nitrogen and oxygen atoms in total. The van der Waals surface area contributed by atoms with Gasteiger partial charge in [0.2, 0.25) is 0 Å². The van der Waals surface area contributed by atoms with Crippen molar-refractivity contribution in [3.63, 3.8) is 0 Å². The smallest absolute Gasteiger partial charge is 0.00394 e. The van der Waals surface area contributed by atoms with E-state index in [0.717, 1.165) is 12.8 Å². The molecule has 2 N–H and O–H groups in total. The van der Waals surface area contributed by atoms with Crippen LogP contribution in [0.25, 0.3) is 0 Å². The van der Waals surface area contributed by atoms with Gasteiger partial charge in [0.05, 0.1) is 0 Å². The van der Waals surface area contributed by atoms with Gasteiger partial charge in [0.15, 0.2) is 0 Å². The lowest BCUT2D eigenvalue weighted by molar-refractivity contribution is 0.574. The van der Waals surface area contributed by atoms with Crippen molar-refractivity contribution in [2.24, 2.45) is 5.73 Å². The molecule has 0 aromatic heterocycles. The zero-order chi connectivity index (χ0) is 8.53. The maximum atomic E-state index is 5.51. The molecule has 0 saturated heterocycles. The first-order valence-corrected chi connectivity index (χ1v) is 4.65. The van der Waals surface area contributed by atoms with Crippen molar-refractivity contribution in [1.82, 2.24) is 0 Å². The summed E-state index contributed by atoms with van der Waals surface area (Å²) in [5.41, 5.74) is 5.51. The maximum absolute atomic E-state index is 5.51. The summed E-state index contributed by atoms with van der Waals surface area (Å²) in [7, 11) is 0. The van der Waals surface area contributed by atoms with Gasteiger partial charge in [-0.05, 0) is 13.3 Å². The van der Waals surface area contributed by atoms with Crippen LogP contribution in [-0.4, -0.2) is 6.04 Å². The Hall–Kier alpha value is -0.0400. The van der Waals surface area contributed by atoms with E-state index in [0.29, 0.717) is 0 Å². The average molecular weight is 155 g/mol. The molecular weight excluding hydrogens is 134 g/mol. The predicted molar refractivity (Wildman–Crippen MR) is 51.0 cm³/mol. The number of nitrogens with two attached hydrogens (primary N) is 1. The normalized spacial score (nSPS) is 13.4. The minimum atomic E-state index is 0.142. The van der Waals surface area contributed by atoms with Gasteiger partial charge in [0.25, 0.3) is 0 Å². The minimum Gasteiger partial charge on any atom is -0.328 e. The lowest BCUT2D eigenvalue weighted by Crippen LogP contribution is -2.14. The highest BCUT2D eigenvalue weighted by atomic mass is 14.6. The van der Waals surface area contributed by atoms with Crippen molar-refractivity contribution >= 4 is 0 Å². The second kappa shape index (κ2) is 8.06. The van der Waals surface area contributed by atoms with Crippen LogP contribution in [0.3, 0.4) is 0 Å². The Bertz CT molecular complexity index is 69.3. The van der Waals surface area contributed by atoms with E-state index in [1.807, 2.05) is 0 Å². The molecule has 2 radical (unpaired) electrons. The number of unbranched alkanes of at least 4 members (excludes halogenated alkanes) is 5. The van der Waals surface area contributed by atoms with Crippen molar-refractivity contribution in [3.05, 3.63) is 13.8 Å². The Morgan fingerprint density at radius 1 is 1.00 bits per heavy atom. The zero-order valence-corrected chi connectivity index (χ0v) is 7.52. The van der Waals surface area contributed by atoms with Crippen LogP contribution in [0.4, 0.5) is 0 Å². The SMILES string of the molecule is [CH2]CCCCCCCC([CH2])N. The van der Waals surface area contributed by atoms with E-state index in [1.165, 1.54) is 32.1 Å². The van der Waals surface area contributed by atoms with Crippen LogP contribution in [0.1, 0.15) is 44.9 Å². The van der Waals surface area contributed by atoms with Gasteiger partial charge in [0.1, 0.15) is 0 Å². The van der Waals surface area contributed by atoms with E-state index in [2.05, 4.69) is 13.8 Å². The van der Waals surface area contributed by atoms with Crippen molar-refractivity contribution in [1.29, 1.82) is 0 Å². The van der Waals surface area contributed by atoms with E-state index in [-0.39, 0.29) is 6.04 Å². The molecule has 1 unspecified atom stereocenters. The fraction of sp³-hybridized carbons (Fsp3) is 0.800. The lowest BCUT2D eigenvalue weighted by Gasteiger charge is -2.03. The topological polar surface area (TPSA) is 26.0 Å². The van der Waals surface area contributed by atoms with Crippen LogP contribution in [-0.2, 0) is 0 Å². The molecule has 0 aliphatic rings. The summed E-state index contributed by atoms with van der Waals surface area (Å²) < 4.78 is 0. The van der Waals surface area contributed by atoms with Crippen LogP contribution in [0.5, 0.6) is 0 Å². The van der Waals surface area contributed by atoms with E-state index in [9.17, 15) is 0 Å². The van der Waals surface area contributed by atoms with E-state index < -0.39 is 0 Å². The van der Waals surface area contributed by atoms with Crippen LogP contribution in [0.2, 0.25) is 0 Å². The second-order valence-corrected chi connectivity index (χ2v) is 3.17. The molecule has 0 bridgehead atoms. The van der Waals surface area contributed by atoms with Gasteiger partial charge in [-0.15, -0.1) is 0 Å². The Balaban J connectivity index is 2.80. The molecular formula is C10H21N. The van der Waals surface area contributed by atoms with Gasteiger partial charge in [-0.2, -0.15) is 0 Å². The molecule has 0 heterocycles. The summed E-state index contributed by atoms with van der Waals surface area (Å²) in [6.07, 6.45) is 8.64. The van der Waals surface area contributed by atoms with E-state index >= 15 is 0 Å². The second-order valence-electron chi connectivity index (χ2n) is 3.17. The molecule has 1 heteroatoms. The molecule has 0 aromatic carbocycles. The highest BCUT2D eigenvalue weighted by molar-refractivity contribution is 4.61. The first-order chi connectivity index (χ1) is 5.27. The largest absolute Gasteiger partial charge is 0.328 e. The Kier molecular flexibility index (Phi) is 8.03. The standard InChI is InChI=1S/C10H21N/c1-3-4-5-6-7-8-9-10(2)11/h10H,1-9,11H2. The highest BCUT2D eigenvalue weighted by Crippen LogP contribution is 2.07. The van der Waals surface area contributed by atoms with E-state index in [1.54, 1.807) is 0 Å². The molecule has 0 fully saturated rings.